The van der Waals surface area contributed by atoms with Crippen molar-refractivity contribution in [1.29, 1.82) is 0 Å². The van der Waals surface area contributed by atoms with Crippen LogP contribution >= 0.6 is 23.2 Å². The molecule has 2 amide bonds. The summed E-state index contributed by atoms with van der Waals surface area (Å²) in [5, 5.41) is 6.16. The highest BCUT2D eigenvalue weighted by atomic mass is 35.5. The Bertz CT molecular complexity index is 944. The van der Waals surface area contributed by atoms with Gasteiger partial charge in [0.25, 0.3) is 5.91 Å². The van der Waals surface area contributed by atoms with E-state index in [1.807, 2.05) is 0 Å². The zero-order valence-electron chi connectivity index (χ0n) is 17.4. The molecule has 2 aromatic rings. The lowest BCUT2D eigenvalue weighted by molar-refractivity contribution is 0.0952. The first-order valence-corrected chi connectivity index (χ1v) is 11.6. The number of carbonyl (C=O) groups is 2. The van der Waals surface area contributed by atoms with Crippen molar-refractivity contribution >= 4 is 52.2 Å². The van der Waals surface area contributed by atoms with Crippen LogP contribution in [0.25, 0.3) is 0 Å². The maximum Gasteiger partial charge on any atom is 0.406 e. The van der Waals surface area contributed by atoms with Crippen LogP contribution in [0.3, 0.4) is 0 Å². The van der Waals surface area contributed by atoms with E-state index in [-0.39, 0.29) is 12.5 Å². The van der Waals surface area contributed by atoms with E-state index in [9.17, 15) is 18.4 Å². The van der Waals surface area contributed by atoms with Gasteiger partial charge >= 0.3 is 6.09 Å². The largest absolute Gasteiger partial charge is 0.755 e. The second-order valence-corrected chi connectivity index (χ2v) is 8.37. The van der Waals surface area contributed by atoms with Gasteiger partial charge in [-0.1, -0.05) is 35.3 Å². The third kappa shape index (κ3) is 7.98. The first kappa shape index (κ1) is 25.9. The Kier molecular flexibility index (Phi) is 10.8. The van der Waals surface area contributed by atoms with Crippen molar-refractivity contribution in [1.82, 2.24) is 10.6 Å². The molecule has 0 aliphatic rings. The van der Waals surface area contributed by atoms with Crippen LogP contribution in [-0.2, 0) is 22.4 Å². The van der Waals surface area contributed by atoms with Gasteiger partial charge in [0.2, 0.25) is 0 Å². The van der Waals surface area contributed by atoms with Gasteiger partial charge in [-0.25, -0.2) is 4.79 Å². The second-order valence-electron chi connectivity index (χ2n) is 6.71. The predicted molar refractivity (Wildman–Crippen MR) is 125 cm³/mol. The molecule has 0 spiro atoms. The monoisotopic (exact) mass is 500 g/mol. The molecule has 174 valence electrons. The molecule has 8 nitrogen and oxygen atoms in total. The predicted octanol–water partition coefficient (Wildman–Crippen LogP) is 3.70. The molecule has 2 N–H and O–H groups in total. The molecule has 0 aliphatic carbocycles. The quantitative estimate of drug-likeness (QED) is 0.360. The Labute approximate surface area is 199 Å². The number of nitrogens with one attached hydrogen (secondary N) is 2. The van der Waals surface area contributed by atoms with Crippen LogP contribution in [-0.4, -0.2) is 47.5 Å². The minimum Gasteiger partial charge on any atom is -0.755 e. The van der Waals surface area contributed by atoms with Crippen molar-refractivity contribution in [3.05, 3.63) is 63.6 Å². The topological polar surface area (TPSA) is 111 Å². The number of rotatable bonds is 11. The molecule has 1 atom stereocenters. The zero-order valence-corrected chi connectivity index (χ0v) is 19.8. The average molecular weight is 501 g/mol. The van der Waals surface area contributed by atoms with Crippen LogP contribution in [0.1, 0.15) is 28.8 Å². The van der Waals surface area contributed by atoms with Gasteiger partial charge < -0.3 is 24.2 Å². The van der Waals surface area contributed by atoms with Gasteiger partial charge in [-0.2, -0.15) is 0 Å². The molecule has 0 aliphatic heterocycles. The lowest BCUT2D eigenvalue weighted by Crippen LogP contribution is -2.28. The third-order valence-electron chi connectivity index (χ3n) is 4.56. The average Bonchev–Trinajstić information content (AvgIpc) is 2.78. The van der Waals surface area contributed by atoms with Crippen molar-refractivity contribution in [2.45, 2.75) is 19.3 Å². The highest BCUT2D eigenvalue weighted by molar-refractivity contribution is 7.80. The number of halogens is 2. The number of ether oxygens (including phenoxy) is 1. The van der Waals surface area contributed by atoms with Gasteiger partial charge in [-0.05, 0) is 55.2 Å². The number of anilines is 1. The summed E-state index contributed by atoms with van der Waals surface area (Å²) in [5.74, 6) is -0.266. The van der Waals surface area contributed by atoms with Crippen LogP contribution in [0, 0.1) is 0 Å². The summed E-state index contributed by atoms with van der Waals surface area (Å²) in [7, 11) is 1.30. The Hall–Kier alpha value is -2.33. The third-order valence-corrected chi connectivity index (χ3v) is 6.17. The number of unbranched alkanes of at least 4 members (excludes halogenated alkanes) is 1. The fourth-order valence-corrected chi connectivity index (χ4v) is 3.80. The van der Waals surface area contributed by atoms with Crippen molar-refractivity contribution in [2.75, 3.05) is 31.0 Å². The highest BCUT2D eigenvalue weighted by Crippen LogP contribution is 2.26. The Balaban J connectivity index is 1.88. The first-order valence-electron chi connectivity index (χ1n) is 9.83. The number of alkyl carbamates (subject to hydrolysis) is 1. The molecule has 0 saturated carbocycles. The molecule has 11 heteroatoms. The summed E-state index contributed by atoms with van der Waals surface area (Å²) in [6, 6.07) is 11.5. The lowest BCUT2D eigenvalue weighted by atomic mass is 10.1. The van der Waals surface area contributed by atoms with E-state index >= 15 is 0 Å². The van der Waals surface area contributed by atoms with Gasteiger partial charge in [0.15, 0.2) is 0 Å². The van der Waals surface area contributed by atoms with E-state index in [1.165, 1.54) is 11.4 Å². The number of hydrogen-bond acceptors (Lipinski definition) is 5. The van der Waals surface area contributed by atoms with Crippen LogP contribution in [0.4, 0.5) is 10.5 Å². The van der Waals surface area contributed by atoms with Gasteiger partial charge in [0, 0.05) is 42.2 Å². The van der Waals surface area contributed by atoms with Gasteiger partial charge in [0.05, 0.1) is 17.2 Å². The summed E-state index contributed by atoms with van der Waals surface area (Å²) >= 11 is 9.68. The van der Waals surface area contributed by atoms with Crippen molar-refractivity contribution in [2.24, 2.45) is 0 Å². The lowest BCUT2D eigenvalue weighted by Gasteiger charge is -2.26. The Morgan fingerprint density at radius 1 is 1.06 bits per heavy atom. The molecule has 0 aromatic heterocycles. The maximum atomic E-state index is 12.3. The molecule has 1 unspecified atom stereocenters. The van der Waals surface area contributed by atoms with E-state index in [2.05, 4.69) is 15.4 Å². The smallest absolute Gasteiger partial charge is 0.406 e. The molecule has 0 fully saturated rings. The second kappa shape index (κ2) is 13.3. The zero-order chi connectivity index (χ0) is 23.5. The number of nitrogens with zero attached hydrogens (tertiary/aromatic N) is 1. The van der Waals surface area contributed by atoms with Crippen molar-refractivity contribution in [3.8, 4) is 0 Å². The van der Waals surface area contributed by atoms with Crippen LogP contribution in [0.2, 0.25) is 10.0 Å². The normalized spacial score (nSPS) is 11.5. The van der Waals surface area contributed by atoms with Crippen LogP contribution < -0.4 is 14.9 Å². The van der Waals surface area contributed by atoms with E-state index in [4.69, 9.17) is 23.2 Å². The summed E-state index contributed by atoms with van der Waals surface area (Å²) in [6.07, 6.45) is 1.26. The fraction of sp³-hybridized carbons (Fsp3) is 0.333. The number of benzene rings is 2. The number of methoxy groups -OCH3 is 1. The van der Waals surface area contributed by atoms with E-state index in [1.54, 1.807) is 42.5 Å². The molecule has 0 bridgehead atoms. The summed E-state index contributed by atoms with van der Waals surface area (Å²) < 4.78 is 29.1. The number of hydrogen-bond donors (Lipinski definition) is 2. The summed E-state index contributed by atoms with van der Waals surface area (Å²) in [4.78, 5) is 23.2. The fourth-order valence-electron chi connectivity index (χ4n) is 2.85. The Morgan fingerprint density at radius 3 is 2.34 bits per heavy atom. The van der Waals surface area contributed by atoms with E-state index in [0.717, 1.165) is 5.56 Å². The molecule has 2 aromatic carbocycles. The van der Waals surface area contributed by atoms with Gasteiger partial charge in [0.1, 0.15) is 0 Å². The van der Waals surface area contributed by atoms with Crippen LogP contribution in [0.5, 0.6) is 0 Å². The molecular formula is C21H24Cl2N3O5S-. The molecular weight excluding hydrogens is 477 g/mol. The molecule has 2 rings (SSSR count). The molecule has 32 heavy (non-hydrogen) atoms. The van der Waals surface area contributed by atoms with Crippen molar-refractivity contribution in [3.63, 3.8) is 0 Å². The maximum absolute atomic E-state index is 12.3. The SMILES string of the molecule is COC(=O)NCCCCNC(=O)c1ccc(N(CCc2cccc(Cl)c2Cl)S(=O)[O-])cc1. The number of amides is 2. The Morgan fingerprint density at radius 2 is 1.72 bits per heavy atom. The highest BCUT2D eigenvalue weighted by Gasteiger charge is 2.12. The molecule has 0 radical (unpaired) electrons. The van der Waals surface area contributed by atoms with Crippen molar-refractivity contribution < 1.29 is 23.1 Å². The summed E-state index contributed by atoms with van der Waals surface area (Å²) in [6.45, 7) is 1.07. The van der Waals surface area contributed by atoms with E-state index in [0.29, 0.717) is 53.6 Å². The first-order chi connectivity index (χ1) is 15.3. The van der Waals surface area contributed by atoms with Crippen LogP contribution in [0.15, 0.2) is 42.5 Å². The van der Waals surface area contributed by atoms with Gasteiger partial charge in [-0.3, -0.25) is 9.00 Å². The van der Waals surface area contributed by atoms with Gasteiger partial charge in [-0.15, -0.1) is 0 Å². The minimum atomic E-state index is -2.50. The molecule has 0 heterocycles. The molecule has 0 saturated heterocycles. The minimum absolute atomic E-state index is 0.168. The standard InChI is InChI=1S/C21H25Cl2N3O5S/c1-31-21(28)25-13-3-2-12-24-20(27)16-7-9-17(10-8-16)26(32(29)30)14-11-15-5-4-6-18(22)19(15)23/h4-10H,2-3,11-14H2,1H3,(H,24,27)(H,25,28)(H,29,30)/p-1. The number of carbonyl (C=O) groups excluding carboxylic acids is 2. The van der Waals surface area contributed by atoms with E-state index < -0.39 is 17.4 Å². The summed E-state index contributed by atoms with van der Waals surface area (Å²) in [5.41, 5.74) is 1.59.